The molecular formula is C24H33N3O5. The Morgan fingerprint density at radius 3 is 2.03 bits per heavy atom. The van der Waals surface area contributed by atoms with Gasteiger partial charge in [-0.3, -0.25) is 0 Å². The average Bonchev–Trinajstić information content (AvgIpc) is 2.83. The van der Waals surface area contributed by atoms with Gasteiger partial charge in [0.15, 0.2) is 11.5 Å². The fraction of sp³-hybridized carbons (Fsp3) is 0.458. The average molecular weight is 444 g/mol. The molecule has 1 aliphatic heterocycles. The van der Waals surface area contributed by atoms with E-state index in [9.17, 15) is 4.79 Å². The molecule has 0 saturated carbocycles. The summed E-state index contributed by atoms with van der Waals surface area (Å²) in [5, 5.41) is 6.12. The van der Waals surface area contributed by atoms with Crippen LogP contribution >= 0.6 is 0 Å². The van der Waals surface area contributed by atoms with Crippen LogP contribution in [-0.2, 0) is 0 Å². The Morgan fingerprint density at radius 1 is 0.938 bits per heavy atom. The van der Waals surface area contributed by atoms with Crippen LogP contribution in [0, 0.1) is 0 Å². The van der Waals surface area contributed by atoms with Gasteiger partial charge in [0.25, 0.3) is 0 Å². The summed E-state index contributed by atoms with van der Waals surface area (Å²) < 4.78 is 21.4. The molecule has 8 nitrogen and oxygen atoms in total. The smallest absolute Gasteiger partial charge is 0.315 e. The van der Waals surface area contributed by atoms with Crippen LogP contribution in [0.4, 0.5) is 10.5 Å². The Bertz CT molecular complexity index is 870. The van der Waals surface area contributed by atoms with Crippen LogP contribution < -0.4 is 34.5 Å². The Morgan fingerprint density at radius 2 is 1.53 bits per heavy atom. The molecule has 2 N–H and O–H groups in total. The second-order valence-electron chi connectivity index (χ2n) is 7.76. The molecule has 1 atom stereocenters. The van der Waals surface area contributed by atoms with Crippen molar-refractivity contribution in [3.8, 4) is 23.0 Å². The predicted octanol–water partition coefficient (Wildman–Crippen LogP) is 3.75. The molecule has 1 heterocycles. The van der Waals surface area contributed by atoms with Gasteiger partial charge in [-0.25, -0.2) is 4.79 Å². The van der Waals surface area contributed by atoms with Crippen molar-refractivity contribution in [3.63, 3.8) is 0 Å². The normalized spacial score (nSPS) is 15.0. The van der Waals surface area contributed by atoms with E-state index in [0.717, 1.165) is 37.2 Å². The number of nitrogens with zero attached hydrogens (tertiary/aromatic N) is 1. The molecule has 32 heavy (non-hydrogen) atoms. The third-order valence-corrected chi connectivity index (χ3v) is 5.80. The van der Waals surface area contributed by atoms with Gasteiger partial charge in [0.2, 0.25) is 5.75 Å². The molecule has 2 aromatic rings. The maximum Gasteiger partial charge on any atom is 0.315 e. The molecule has 1 saturated heterocycles. The number of benzene rings is 2. The van der Waals surface area contributed by atoms with Gasteiger partial charge in [0.1, 0.15) is 5.75 Å². The summed E-state index contributed by atoms with van der Waals surface area (Å²) in [5.74, 6) is 2.49. The lowest BCUT2D eigenvalue weighted by atomic mass is 10.0. The molecule has 0 bridgehead atoms. The largest absolute Gasteiger partial charge is 0.497 e. The molecule has 1 aliphatic rings. The number of hydrogen-bond acceptors (Lipinski definition) is 6. The second-order valence-corrected chi connectivity index (χ2v) is 7.76. The number of piperidine rings is 1. The predicted molar refractivity (Wildman–Crippen MR) is 124 cm³/mol. The summed E-state index contributed by atoms with van der Waals surface area (Å²) in [6.45, 7) is 3.70. The molecule has 2 aromatic carbocycles. The zero-order valence-electron chi connectivity index (χ0n) is 19.4. The highest BCUT2D eigenvalue weighted by molar-refractivity contribution is 5.75. The Kier molecular flexibility index (Phi) is 7.92. The van der Waals surface area contributed by atoms with Crippen molar-refractivity contribution in [1.29, 1.82) is 0 Å². The van der Waals surface area contributed by atoms with E-state index < -0.39 is 0 Å². The van der Waals surface area contributed by atoms with Crippen molar-refractivity contribution in [1.82, 2.24) is 10.6 Å². The van der Waals surface area contributed by atoms with E-state index in [1.54, 1.807) is 28.4 Å². The van der Waals surface area contributed by atoms with Crippen LogP contribution in [0.15, 0.2) is 36.4 Å². The van der Waals surface area contributed by atoms with Crippen molar-refractivity contribution in [2.24, 2.45) is 0 Å². The van der Waals surface area contributed by atoms with Gasteiger partial charge in [-0.15, -0.1) is 0 Å². The molecule has 0 aliphatic carbocycles. The Labute approximate surface area is 189 Å². The quantitative estimate of drug-likeness (QED) is 0.647. The molecule has 174 valence electrons. The summed E-state index contributed by atoms with van der Waals surface area (Å²) >= 11 is 0. The van der Waals surface area contributed by atoms with Gasteiger partial charge < -0.3 is 34.5 Å². The minimum absolute atomic E-state index is 0.136. The summed E-state index contributed by atoms with van der Waals surface area (Å²) in [5.41, 5.74) is 2.04. The maximum atomic E-state index is 12.6. The van der Waals surface area contributed by atoms with Crippen molar-refractivity contribution in [3.05, 3.63) is 42.0 Å². The van der Waals surface area contributed by atoms with E-state index >= 15 is 0 Å². The first-order valence-corrected chi connectivity index (χ1v) is 10.7. The van der Waals surface area contributed by atoms with Crippen molar-refractivity contribution >= 4 is 11.7 Å². The summed E-state index contributed by atoms with van der Waals surface area (Å²) in [4.78, 5) is 14.9. The van der Waals surface area contributed by atoms with E-state index in [4.69, 9.17) is 18.9 Å². The molecule has 1 fully saturated rings. The third kappa shape index (κ3) is 5.49. The summed E-state index contributed by atoms with van der Waals surface area (Å²) in [6.07, 6.45) is 1.77. The van der Waals surface area contributed by atoms with Gasteiger partial charge in [0.05, 0.1) is 34.5 Å². The number of rotatable bonds is 8. The number of urea groups is 1. The molecule has 0 radical (unpaired) electrons. The lowest BCUT2D eigenvalue weighted by Crippen LogP contribution is -2.48. The second kappa shape index (κ2) is 10.8. The van der Waals surface area contributed by atoms with Crippen LogP contribution in [0.25, 0.3) is 0 Å². The van der Waals surface area contributed by atoms with Gasteiger partial charge >= 0.3 is 6.03 Å². The minimum Gasteiger partial charge on any atom is -0.497 e. The van der Waals surface area contributed by atoms with E-state index in [0.29, 0.717) is 17.2 Å². The molecule has 8 heteroatoms. The van der Waals surface area contributed by atoms with Crippen molar-refractivity contribution in [2.75, 3.05) is 46.4 Å². The number of nitrogens with one attached hydrogen (secondary N) is 2. The van der Waals surface area contributed by atoms with Gasteiger partial charge in [0, 0.05) is 24.8 Å². The third-order valence-electron chi connectivity index (χ3n) is 5.80. The zero-order valence-corrected chi connectivity index (χ0v) is 19.4. The lowest BCUT2D eigenvalue weighted by molar-refractivity contribution is 0.231. The molecule has 2 amide bonds. The van der Waals surface area contributed by atoms with Crippen LogP contribution in [-0.4, -0.2) is 53.6 Å². The van der Waals surface area contributed by atoms with E-state index in [-0.39, 0.29) is 18.1 Å². The highest BCUT2D eigenvalue weighted by Gasteiger charge is 2.22. The van der Waals surface area contributed by atoms with E-state index in [1.165, 1.54) is 5.69 Å². The number of amides is 2. The summed E-state index contributed by atoms with van der Waals surface area (Å²) in [7, 11) is 6.38. The van der Waals surface area contributed by atoms with Gasteiger partial charge in [-0.2, -0.15) is 0 Å². The number of ether oxygens (including phenoxy) is 4. The monoisotopic (exact) mass is 443 g/mol. The molecule has 1 unspecified atom stereocenters. The maximum absolute atomic E-state index is 12.6. The van der Waals surface area contributed by atoms with Crippen LogP contribution in [0.3, 0.4) is 0 Å². The zero-order chi connectivity index (χ0) is 23.1. The van der Waals surface area contributed by atoms with Crippen molar-refractivity contribution in [2.45, 2.75) is 31.8 Å². The lowest BCUT2D eigenvalue weighted by Gasteiger charge is -2.34. The fourth-order valence-corrected chi connectivity index (χ4v) is 3.93. The van der Waals surface area contributed by atoms with E-state index in [1.807, 2.05) is 31.2 Å². The van der Waals surface area contributed by atoms with Crippen LogP contribution in [0.2, 0.25) is 0 Å². The van der Waals surface area contributed by atoms with Crippen molar-refractivity contribution < 1.29 is 23.7 Å². The minimum atomic E-state index is -0.233. The van der Waals surface area contributed by atoms with Crippen LogP contribution in [0.1, 0.15) is 31.4 Å². The highest BCUT2D eigenvalue weighted by Crippen LogP contribution is 2.39. The number of methoxy groups -OCH3 is 4. The van der Waals surface area contributed by atoms with E-state index in [2.05, 4.69) is 27.7 Å². The first-order chi connectivity index (χ1) is 15.5. The highest BCUT2D eigenvalue weighted by atomic mass is 16.5. The van der Waals surface area contributed by atoms with Gasteiger partial charge in [-0.1, -0.05) is 0 Å². The Hall–Kier alpha value is -3.29. The molecular weight excluding hydrogens is 410 g/mol. The molecule has 0 aromatic heterocycles. The topological polar surface area (TPSA) is 81.3 Å². The molecule has 0 spiro atoms. The number of hydrogen-bond donors (Lipinski definition) is 2. The SMILES string of the molecule is COc1ccc(N2CCC(NC(=O)NC(C)c3cc(OC)c(OC)c(OC)c3)CC2)cc1. The first kappa shape index (κ1) is 23.4. The van der Waals surface area contributed by atoms with Crippen LogP contribution in [0.5, 0.6) is 23.0 Å². The number of carbonyl (C=O) groups excluding carboxylic acids is 1. The number of carbonyl (C=O) groups is 1. The Balaban J connectivity index is 1.53. The fourth-order valence-electron chi connectivity index (χ4n) is 3.93. The number of anilines is 1. The standard InChI is InChI=1S/C24H33N3O5/c1-16(17-14-21(30-3)23(32-5)22(15-17)31-4)25-24(28)26-18-10-12-27(13-11-18)19-6-8-20(29-2)9-7-19/h6-9,14-16,18H,10-13H2,1-5H3,(H2,25,26,28). The first-order valence-electron chi connectivity index (χ1n) is 10.7. The summed E-state index contributed by atoms with van der Waals surface area (Å²) in [6, 6.07) is 11.5. The molecule has 3 rings (SSSR count). The van der Waals surface area contributed by atoms with Gasteiger partial charge in [-0.05, 0) is 61.7 Å².